The number of hydrogen-bond donors (Lipinski definition) is 3. The number of fused-ring (bicyclic) bond motifs is 1. The van der Waals surface area contributed by atoms with Gasteiger partial charge in [-0.3, -0.25) is 4.79 Å². The summed E-state index contributed by atoms with van der Waals surface area (Å²) in [5.41, 5.74) is 1.77. The fourth-order valence-electron chi connectivity index (χ4n) is 2.62. The van der Waals surface area contributed by atoms with Gasteiger partial charge in [-0.15, -0.1) is 0 Å². The third kappa shape index (κ3) is 4.17. The largest absolute Gasteiger partial charge is 0.484 e. The predicted octanol–water partition coefficient (Wildman–Crippen LogP) is 2.36. The Bertz CT molecular complexity index is 873. The molecule has 1 aromatic heterocycles. The number of carboxylic acids is 1. The van der Waals surface area contributed by atoms with Crippen molar-refractivity contribution in [3.05, 3.63) is 66.4 Å². The van der Waals surface area contributed by atoms with Crippen molar-refractivity contribution in [1.29, 1.82) is 0 Å². The van der Waals surface area contributed by atoms with E-state index in [0.29, 0.717) is 5.75 Å². The van der Waals surface area contributed by atoms with Gasteiger partial charge < -0.3 is 20.1 Å². The number of rotatable bonds is 7. The molecule has 6 nitrogen and oxygen atoms in total. The van der Waals surface area contributed by atoms with Crippen molar-refractivity contribution >= 4 is 22.8 Å². The van der Waals surface area contributed by atoms with Gasteiger partial charge in [-0.1, -0.05) is 36.4 Å². The minimum atomic E-state index is -1.08. The maximum Gasteiger partial charge on any atom is 0.326 e. The minimum absolute atomic E-state index is 0.191. The molecule has 3 rings (SSSR count). The van der Waals surface area contributed by atoms with Crippen LogP contribution in [0, 0.1) is 0 Å². The van der Waals surface area contributed by atoms with Gasteiger partial charge in [-0.25, -0.2) is 4.79 Å². The first-order chi connectivity index (χ1) is 12.1. The van der Waals surface area contributed by atoms with Crippen LogP contribution in [0.5, 0.6) is 5.75 Å². The number of benzene rings is 2. The molecule has 0 aliphatic rings. The number of nitrogens with one attached hydrogen (secondary N) is 2. The third-order valence-electron chi connectivity index (χ3n) is 3.85. The zero-order chi connectivity index (χ0) is 17.6. The van der Waals surface area contributed by atoms with Crippen LogP contribution in [0.15, 0.2) is 60.8 Å². The highest BCUT2D eigenvalue weighted by Gasteiger charge is 2.22. The van der Waals surface area contributed by atoms with Gasteiger partial charge in [0.05, 0.1) is 0 Å². The fourth-order valence-corrected chi connectivity index (χ4v) is 2.62. The van der Waals surface area contributed by atoms with Crippen LogP contribution in [-0.2, 0) is 16.0 Å². The standard InChI is InChI=1S/C19H18N2O4/c22-18(12-25-14-6-2-1-3-7-14)21-17(19(23)24)10-13-11-20-16-9-5-4-8-15(13)16/h1-9,11,17,20H,10,12H2,(H,21,22)(H,23,24)/t17-/m0/s1. The highest BCUT2D eigenvalue weighted by atomic mass is 16.5. The number of aromatic nitrogens is 1. The number of carbonyl (C=O) groups is 2. The van der Waals surface area contributed by atoms with Gasteiger partial charge in [0.15, 0.2) is 6.61 Å². The smallest absolute Gasteiger partial charge is 0.326 e. The predicted molar refractivity (Wildman–Crippen MR) is 93.5 cm³/mol. The van der Waals surface area contributed by atoms with Crippen molar-refractivity contribution in [1.82, 2.24) is 10.3 Å². The summed E-state index contributed by atoms with van der Waals surface area (Å²) in [5, 5.41) is 12.9. The van der Waals surface area contributed by atoms with Gasteiger partial charge in [0.1, 0.15) is 11.8 Å². The Morgan fingerprint density at radius 2 is 1.80 bits per heavy atom. The first-order valence-corrected chi connectivity index (χ1v) is 7.88. The molecule has 0 aliphatic carbocycles. The molecule has 128 valence electrons. The van der Waals surface area contributed by atoms with Gasteiger partial charge in [0.2, 0.25) is 0 Å². The molecule has 0 aliphatic heterocycles. The van der Waals surface area contributed by atoms with E-state index in [9.17, 15) is 14.7 Å². The minimum Gasteiger partial charge on any atom is -0.484 e. The van der Waals surface area contributed by atoms with E-state index in [1.807, 2.05) is 30.3 Å². The lowest BCUT2D eigenvalue weighted by Crippen LogP contribution is -2.44. The number of ether oxygens (including phenoxy) is 1. The Labute approximate surface area is 144 Å². The number of para-hydroxylation sites is 2. The molecule has 0 saturated carbocycles. The van der Waals surface area contributed by atoms with Crippen LogP contribution in [0.4, 0.5) is 0 Å². The Balaban J connectivity index is 1.63. The zero-order valence-corrected chi connectivity index (χ0v) is 13.4. The molecule has 0 radical (unpaired) electrons. The van der Waals surface area contributed by atoms with Gasteiger partial charge in [0.25, 0.3) is 5.91 Å². The molecular weight excluding hydrogens is 320 g/mol. The number of H-pyrrole nitrogens is 1. The second kappa shape index (κ2) is 7.53. The number of aromatic amines is 1. The summed E-state index contributed by atoms with van der Waals surface area (Å²) in [6.07, 6.45) is 1.96. The van der Waals surface area contributed by atoms with E-state index in [1.54, 1.807) is 30.5 Å². The lowest BCUT2D eigenvalue weighted by molar-refractivity contribution is -0.142. The Kier molecular flexibility index (Phi) is 4.99. The van der Waals surface area contributed by atoms with E-state index in [0.717, 1.165) is 16.5 Å². The lowest BCUT2D eigenvalue weighted by atomic mass is 10.1. The Hall–Kier alpha value is -3.28. The van der Waals surface area contributed by atoms with Crippen LogP contribution in [0.25, 0.3) is 10.9 Å². The van der Waals surface area contributed by atoms with Gasteiger partial charge in [0, 0.05) is 23.5 Å². The normalized spacial score (nSPS) is 11.8. The average Bonchev–Trinajstić information content (AvgIpc) is 3.03. The summed E-state index contributed by atoms with van der Waals surface area (Å²) in [7, 11) is 0. The molecule has 1 amide bonds. The SMILES string of the molecule is O=C(COc1ccccc1)N[C@@H](Cc1c[nH]c2ccccc12)C(=O)O. The fraction of sp³-hybridized carbons (Fsp3) is 0.158. The maximum atomic E-state index is 12.0. The van der Waals surface area contributed by atoms with Crippen LogP contribution in [0.3, 0.4) is 0 Å². The molecule has 25 heavy (non-hydrogen) atoms. The molecule has 0 bridgehead atoms. The van der Waals surface area contributed by atoms with Crippen LogP contribution in [0.2, 0.25) is 0 Å². The molecule has 1 atom stereocenters. The van der Waals surface area contributed by atoms with Gasteiger partial charge in [-0.05, 0) is 23.8 Å². The molecule has 2 aromatic carbocycles. The molecule has 0 spiro atoms. The molecule has 0 fully saturated rings. The first-order valence-electron chi connectivity index (χ1n) is 7.88. The van der Waals surface area contributed by atoms with E-state index in [1.165, 1.54) is 0 Å². The topological polar surface area (TPSA) is 91.4 Å². The Morgan fingerprint density at radius 1 is 1.08 bits per heavy atom. The zero-order valence-electron chi connectivity index (χ0n) is 13.4. The van der Waals surface area contributed by atoms with Crippen molar-refractivity contribution in [2.75, 3.05) is 6.61 Å². The van der Waals surface area contributed by atoms with E-state index < -0.39 is 17.9 Å². The van der Waals surface area contributed by atoms with Crippen molar-refractivity contribution in [2.24, 2.45) is 0 Å². The lowest BCUT2D eigenvalue weighted by Gasteiger charge is -2.14. The third-order valence-corrected chi connectivity index (χ3v) is 3.85. The van der Waals surface area contributed by atoms with E-state index >= 15 is 0 Å². The second-order valence-electron chi connectivity index (χ2n) is 5.62. The molecule has 1 heterocycles. The van der Waals surface area contributed by atoms with E-state index in [4.69, 9.17) is 4.74 Å². The van der Waals surface area contributed by atoms with Crippen molar-refractivity contribution in [3.63, 3.8) is 0 Å². The van der Waals surface area contributed by atoms with Crippen molar-refractivity contribution in [2.45, 2.75) is 12.5 Å². The van der Waals surface area contributed by atoms with E-state index in [2.05, 4.69) is 10.3 Å². The number of carboxylic acid groups (broad SMARTS) is 1. The number of carbonyl (C=O) groups excluding carboxylic acids is 1. The molecule has 6 heteroatoms. The summed E-state index contributed by atoms with van der Waals surface area (Å²) < 4.78 is 5.34. The van der Waals surface area contributed by atoms with Gasteiger partial charge >= 0.3 is 5.97 Å². The number of hydrogen-bond acceptors (Lipinski definition) is 3. The van der Waals surface area contributed by atoms with Crippen LogP contribution in [0.1, 0.15) is 5.56 Å². The number of amides is 1. The molecule has 0 saturated heterocycles. The quantitative estimate of drug-likeness (QED) is 0.617. The summed E-state index contributed by atoms with van der Waals surface area (Å²) >= 11 is 0. The summed E-state index contributed by atoms with van der Waals surface area (Å²) in [6, 6.07) is 15.5. The molecule has 3 aromatic rings. The highest BCUT2D eigenvalue weighted by molar-refractivity contribution is 5.87. The summed E-state index contributed by atoms with van der Waals surface area (Å²) in [4.78, 5) is 26.6. The molecule has 3 N–H and O–H groups in total. The van der Waals surface area contributed by atoms with E-state index in [-0.39, 0.29) is 13.0 Å². The highest BCUT2D eigenvalue weighted by Crippen LogP contribution is 2.19. The molecule has 0 unspecified atom stereocenters. The van der Waals surface area contributed by atoms with Crippen LogP contribution < -0.4 is 10.1 Å². The van der Waals surface area contributed by atoms with Crippen molar-refractivity contribution < 1.29 is 19.4 Å². The maximum absolute atomic E-state index is 12.0. The van der Waals surface area contributed by atoms with Crippen molar-refractivity contribution in [3.8, 4) is 5.75 Å². The van der Waals surface area contributed by atoms with Gasteiger partial charge in [-0.2, -0.15) is 0 Å². The average molecular weight is 338 g/mol. The van der Waals surface area contributed by atoms with Crippen LogP contribution >= 0.6 is 0 Å². The first kappa shape index (κ1) is 16.6. The summed E-state index contributed by atoms with van der Waals surface area (Å²) in [5.74, 6) is -1.00. The Morgan fingerprint density at radius 3 is 2.56 bits per heavy atom. The van der Waals surface area contributed by atoms with Crippen LogP contribution in [-0.4, -0.2) is 34.6 Å². The second-order valence-corrected chi connectivity index (χ2v) is 5.62. The molecular formula is C19H18N2O4. The monoisotopic (exact) mass is 338 g/mol. The number of aliphatic carboxylic acids is 1. The summed E-state index contributed by atoms with van der Waals surface area (Å²) in [6.45, 7) is -0.234.